The minimum absolute atomic E-state index is 0.331. The highest BCUT2D eigenvalue weighted by Crippen LogP contribution is 2.25. The van der Waals surface area contributed by atoms with Gasteiger partial charge in [-0.3, -0.25) is 0 Å². The highest BCUT2D eigenvalue weighted by Gasteiger charge is 2.18. The van der Waals surface area contributed by atoms with Gasteiger partial charge in [0, 0.05) is 32.7 Å². The molecular weight excluding hydrogens is 314 g/mol. The molecule has 1 heterocycles. The normalized spacial score (nSPS) is 16.5. The first kappa shape index (κ1) is 18.2. The lowest BCUT2D eigenvalue weighted by atomic mass is 10.1. The first-order valence-corrected chi connectivity index (χ1v) is 9.50. The summed E-state index contributed by atoms with van der Waals surface area (Å²) in [4.78, 5) is 2.69. The number of sulfonamides is 1. The van der Waals surface area contributed by atoms with Gasteiger partial charge in [0.25, 0.3) is 0 Å². The first-order valence-electron chi connectivity index (χ1n) is 8.02. The molecule has 130 valence electrons. The van der Waals surface area contributed by atoms with Crippen LogP contribution in [0.1, 0.15) is 17.5 Å². The van der Waals surface area contributed by atoms with E-state index in [1.165, 1.54) is 0 Å². The molecule has 1 aliphatic heterocycles. The van der Waals surface area contributed by atoms with Crippen molar-refractivity contribution in [3.05, 3.63) is 23.3 Å². The number of ether oxygens (including phenoxy) is 1. The summed E-state index contributed by atoms with van der Waals surface area (Å²) in [6, 6.07) is 3.44. The Balaban J connectivity index is 1.92. The number of hydrogen-bond acceptors (Lipinski definition) is 5. The summed E-state index contributed by atoms with van der Waals surface area (Å²) in [5.74, 6) is 0.708. The van der Waals surface area contributed by atoms with Crippen LogP contribution in [0, 0.1) is 13.8 Å². The number of hydrogen-bond donors (Lipinski definition) is 2. The van der Waals surface area contributed by atoms with E-state index in [0.717, 1.165) is 44.7 Å². The van der Waals surface area contributed by atoms with Crippen LogP contribution in [0.3, 0.4) is 0 Å². The molecule has 0 amide bonds. The van der Waals surface area contributed by atoms with Crippen LogP contribution in [0.5, 0.6) is 5.75 Å². The summed E-state index contributed by atoms with van der Waals surface area (Å²) in [6.45, 7) is 9.10. The van der Waals surface area contributed by atoms with Crippen molar-refractivity contribution >= 4 is 10.0 Å². The van der Waals surface area contributed by atoms with E-state index in [1.54, 1.807) is 26.2 Å². The van der Waals surface area contributed by atoms with E-state index < -0.39 is 10.0 Å². The molecule has 2 N–H and O–H groups in total. The van der Waals surface area contributed by atoms with Crippen molar-refractivity contribution in [3.8, 4) is 5.75 Å². The number of nitrogens with zero attached hydrogens (tertiary/aromatic N) is 1. The molecule has 0 aliphatic carbocycles. The van der Waals surface area contributed by atoms with Crippen molar-refractivity contribution in [1.82, 2.24) is 14.9 Å². The Labute approximate surface area is 139 Å². The Bertz CT molecular complexity index is 626. The third kappa shape index (κ3) is 4.91. The monoisotopic (exact) mass is 341 g/mol. The molecule has 0 bridgehead atoms. The van der Waals surface area contributed by atoms with Crippen molar-refractivity contribution in [2.24, 2.45) is 0 Å². The highest BCUT2D eigenvalue weighted by atomic mass is 32.2. The highest BCUT2D eigenvalue weighted by molar-refractivity contribution is 7.89. The lowest BCUT2D eigenvalue weighted by molar-refractivity contribution is 0.239. The van der Waals surface area contributed by atoms with Crippen LogP contribution in [0.2, 0.25) is 0 Å². The van der Waals surface area contributed by atoms with Crippen molar-refractivity contribution < 1.29 is 13.2 Å². The zero-order chi connectivity index (χ0) is 16.9. The van der Waals surface area contributed by atoms with Crippen LogP contribution in [0.15, 0.2) is 17.0 Å². The average Bonchev–Trinajstić information content (AvgIpc) is 2.54. The molecule has 23 heavy (non-hydrogen) atoms. The predicted molar refractivity (Wildman–Crippen MR) is 91.6 cm³/mol. The van der Waals surface area contributed by atoms with Crippen molar-refractivity contribution in [2.75, 3.05) is 46.4 Å². The molecule has 2 rings (SSSR count). The van der Waals surface area contributed by atoms with E-state index in [1.807, 2.05) is 6.92 Å². The van der Waals surface area contributed by atoms with Gasteiger partial charge in [-0.15, -0.1) is 0 Å². The fourth-order valence-corrected chi connectivity index (χ4v) is 4.18. The SMILES string of the molecule is COc1cc(C)c(S(=O)(=O)NCCCN2CCNCC2)cc1C. The Kier molecular flexibility index (Phi) is 6.41. The molecule has 1 aromatic carbocycles. The van der Waals surface area contributed by atoms with Gasteiger partial charge in [-0.25, -0.2) is 13.1 Å². The zero-order valence-corrected chi connectivity index (χ0v) is 15.0. The van der Waals surface area contributed by atoms with E-state index in [-0.39, 0.29) is 0 Å². The molecule has 6 nitrogen and oxygen atoms in total. The topological polar surface area (TPSA) is 70.7 Å². The Morgan fingerprint density at radius 2 is 1.91 bits per heavy atom. The fraction of sp³-hybridized carbons (Fsp3) is 0.625. The van der Waals surface area contributed by atoms with Crippen LogP contribution in [0.4, 0.5) is 0 Å². The van der Waals surface area contributed by atoms with Gasteiger partial charge in [0.05, 0.1) is 12.0 Å². The minimum atomic E-state index is -3.48. The summed E-state index contributed by atoms with van der Waals surface area (Å²) >= 11 is 0. The summed E-state index contributed by atoms with van der Waals surface area (Å²) < 4.78 is 32.9. The molecule has 0 radical (unpaired) electrons. The second-order valence-corrected chi connectivity index (χ2v) is 7.67. The number of benzene rings is 1. The van der Waals surface area contributed by atoms with Crippen LogP contribution < -0.4 is 14.8 Å². The van der Waals surface area contributed by atoms with Gasteiger partial charge in [0.15, 0.2) is 0 Å². The number of rotatable bonds is 7. The Morgan fingerprint density at radius 3 is 2.57 bits per heavy atom. The van der Waals surface area contributed by atoms with Gasteiger partial charge in [-0.05, 0) is 50.1 Å². The molecule has 1 aliphatic rings. The van der Waals surface area contributed by atoms with Crippen molar-refractivity contribution in [1.29, 1.82) is 0 Å². The molecule has 1 fully saturated rings. The smallest absolute Gasteiger partial charge is 0.240 e. The third-order valence-corrected chi connectivity index (χ3v) is 5.74. The van der Waals surface area contributed by atoms with Crippen LogP contribution in [-0.2, 0) is 10.0 Å². The Morgan fingerprint density at radius 1 is 1.22 bits per heavy atom. The first-order chi connectivity index (χ1) is 10.9. The van der Waals surface area contributed by atoms with E-state index in [4.69, 9.17) is 4.74 Å². The average molecular weight is 341 g/mol. The molecule has 7 heteroatoms. The number of methoxy groups -OCH3 is 1. The largest absolute Gasteiger partial charge is 0.496 e. The third-order valence-electron chi connectivity index (χ3n) is 4.13. The van der Waals surface area contributed by atoms with Crippen LogP contribution >= 0.6 is 0 Å². The second kappa shape index (κ2) is 8.10. The standard InChI is InChI=1S/C16H27N3O3S/c1-13-12-16(14(2)11-15(13)22-3)23(20,21)18-5-4-8-19-9-6-17-7-10-19/h11-12,17-18H,4-10H2,1-3H3. The molecule has 0 spiro atoms. The number of aryl methyl sites for hydroxylation is 2. The van der Waals surface area contributed by atoms with Gasteiger partial charge in [-0.1, -0.05) is 0 Å². The van der Waals surface area contributed by atoms with Crippen LogP contribution in [-0.4, -0.2) is 59.7 Å². The van der Waals surface area contributed by atoms with E-state index >= 15 is 0 Å². The second-order valence-electron chi connectivity index (χ2n) is 5.93. The van der Waals surface area contributed by atoms with E-state index in [0.29, 0.717) is 22.8 Å². The van der Waals surface area contributed by atoms with Crippen molar-refractivity contribution in [3.63, 3.8) is 0 Å². The van der Waals surface area contributed by atoms with Crippen molar-refractivity contribution in [2.45, 2.75) is 25.2 Å². The molecule has 0 unspecified atom stereocenters. The Hall–Kier alpha value is -1.15. The molecule has 0 aromatic heterocycles. The number of piperazine rings is 1. The maximum Gasteiger partial charge on any atom is 0.240 e. The summed E-state index contributed by atoms with van der Waals surface area (Å²) in [5, 5.41) is 3.31. The lowest BCUT2D eigenvalue weighted by Gasteiger charge is -2.27. The fourth-order valence-electron chi connectivity index (χ4n) is 2.79. The minimum Gasteiger partial charge on any atom is -0.496 e. The summed E-state index contributed by atoms with van der Waals surface area (Å²) in [6.07, 6.45) is 0.813. The van der Waals surface area contributed by atoms with Gasteiger partial charge in [0.1, 0.15) is 5.75 Å². The molecule has 0 saturated carbocycles. The molecular formula is C16H27N3O3S. The van der Waals surface area contributed by atoms with Gasteiger partial charge in [-0.2, -0.15) is 0 Å². The van der Waals surface area contributed by atoms with Gasteiger partial charge < -0.3 is 15.0 Å². The van der Waals surface area contributed by atoms with E-state index in [9.17, 15) is 8.42 Å². The van der Waals surface area contributed by atoms with E-state index in [2.05, 4.69) is 14.9 Å². The molecule has 1 aromatic rings. The molecule has 0 atom stereocenters. The zero-order valence-electron chi connectivity index (χ0n) is 14.2. The maximum absolute atomic E-state index is 12.5. The summed E-state index contributed by atoms with van der Waals surface area (Å²) in [7, 11) is -1.89. The molecule has 1 saturated heterocycles. The van der Waals surface area contributed by atoms with Crippen LogP contribution in [0.25, 0.3) is 0 Å². The summed E-state index contributed by atoms with van der Waals surface area (Å²) in [5.41, 5.74) is 1.52. The predicted octanol–water partition coefficient (Wildman–Crippen LogP) is 0.886. The van der Waals surface area contributed by atoms with Gasteiger partial charge in [0.2, 0.25) is 10.0 Å². The lowest BCUT2D eigenvalue weighted by Crippen LogP contribution is -2.44. The quantitative estimate of drug-likeness (QED) is 0.721. The maximum atomic E-state index is 12.5. The number of nitrogens with one attached hydrogen (secondary N) is 2. The van der Waals surface area contributed by atoms with Gasteiger partial charge >= 0.3 is 0 Å².